The molecule has 0 aromatic heterocycles. The zero-order valence-corrected chi connectivity index (χ0v) is 17.0. The minimum atomic E-state index is -0.561. The Balaban J connectivity index is 1.84. The zero-order valence-electron chi connectivity index (χ0n) is 15.5. The number of benzene rings is 1. The second kappa shape index (κ2) is 9.61. The summed E-state index contributed by atoms with van der Waals surface area (Å²) in [5.41, 5.74) is 0.496. The van der Waals surface area contributed by atoms with Gasteiger partial charge in [-0.3, -0.25) is 4.79 Å². The molecule has 0 unspecified atom stereocenters. The van der Waals surface area contributed by atoms with E-state index in [4.69, 9.17) is 32.7 Å². The lowest BCUT2D eigenvalue weighted by molar-refractivity contribution is -0.166. The molecule has 4 nitrogen and oxygen atoms in total. The second-order valence-corrected chi connectivity index (χ2v) is 8.21. The third-order valence-corrected chi connectivity index (χ3v) is 5.69. The lowest BCUT2D eigenvalue weighted by atomic mass is 9.75. The van der Waals surface area contributed by atoms with Crippen molar-refractivity contribution in [3.8, 4) is 0 Å². The molecule has 1 aromatic carbocycles. The van der Waals surface area contributed by atoms with E-state index < -0.39 is 18.5 Å². The molecular formula is C20H26Cl2O4. The van der Waals surface area contributed by atoms with Crippen LogP contribution in [0.5, 0.6) is 0 Å². The van der Waals surface area contributed by atoms with E-state index in [1.807, 2.05) is 0 Å². The van der Waals surface area contributed by atoms with Gasteiger partial charge in [-0.2, -0.15) is 0 Å². The normalized spacial score (nSPS) is 22.9. The minimum absolute atomic E-state index is 0.0825. The molecule has 0 saturated heterocycles. The van der Waals surface area contributed by atoms with Crippen molar-refractivity contribution in [2.75, 3.05) is 6.61 Å². The summed E-state index contributed by atoms with van der Waals surface area (Å²) in [4.78, 5) is 24.1. The molecule has 0 amide bonds. The number of ether oxygens (including phenoxy) is 2. The van der Waals surface area contributed by atoms with Gasteiger partial charge >= 0.3 is 11.9 Å². The summed E-state index contributed by atoms with van der Waals surface area (Å²) >= 11 is 12.1. The topological polar surface area (TPSA) is 52.6 Å². The average Bonchev–Trinajstić information content (AvgIpc) is 2.56. The van der Waals surface area contributed by atoms with Crippen LogP contribution in [-0.2, 0) is 25.5 Å². The summed E-state index contributed by atoms with van der Waals surface area (Å²) < 4.78 is 10.7. The van der Waals surface area contributed by atoms with Gasteiger partial charge in [0.05, 0.1) is 6.42 Å². The predicted molar refractivity (Wildman–Crippen MR) is 102 cm³/mol. The largest absolute Gasteiger partial charge is 0.460 e. The molecule has 0 heterocycles. The molecule has 1 aliphatic carbocycles. The first-order valence-electron chi connectivity index (χ1n) is 9.06. The van der Waals surface area contributed by atoms with E-state index >= 15 is 0 Å². The Bertz CT molecular complexity index is 624. The van der Waals surface area contributed by atoms with Crippen molar-refractivity contribution >= 4 is 35.1 Å². The van der Waals surface area contributed by atoms with Gasteiger partial charge in [0.25, 0.3) is 0 Å². The number of hydrogen-bond acceptors (Lipinski definition) is 4. The molecule has 1 aliphatic rings. The van der Waals surface area contributed by atoms with Crippen LogP contribution in [-0.4, -0.2) is 24.6 Å². The first kappa shape index (κ1) is 21.0. The molecule has 1 saturated carbocycles. The molecular weight excluding hydrogens is 375 g/mol. The molecule has 3 atom stereocenters. The lowest BCUT2D eigenvalue weighted by Gasteiger charge is -2.36. The lowest BCUT2D eigenvalue weighted by Crippen LogP contribution is -2.36. The Morgan fingerprint density at radius 2 is 1.81 bits per heavy atom. The first-order valence-corrected chi connectivity index (χ1v) is 9.81. The fourth-order valence-electron chi connectivity index (χ4n) is 3.49. The number of rotatable bonds is 6. The SMILES string of the molecule is CC(C)[C@H]1CC[C@@H](C)C[C@@H]1OC(=O)COC(=O)Cc1c(Cl)cccc1Cl. The van der Waals surface area contributed by atoms with Crippen LogP contribution in [0.4, 0.5) is 0 Å². The summed E-state index contributed by atoms with van der Waals surface area (Å²) in [6.45, 7) is 6.07. The predicted octanol–water partition coefficient (Wildman–Crippen LogP) is 5.08. The van der Waals surface area contributed by atoms with Crippen LogP contribution in [0.2, 0.25) is 10.0 Å². The maximum absolute atomic E-state index is 12.1. The van der Waals surface area contributed by atoms with Crippen LogP contribution < -0.4 is 0 Å². The fraction of sp³-hybridized carbons (Fsp3) is 0.600. The third-order valence-electron chi connectivity index (χ3n) is 4.98. The van der Waals surface area contributed by atoms with Gasteiger partial charge < -0.3 is 9.47 Å². The van der Waals surface area contributed by atoms with Crippen molar-refractivity contribution in [2.45, 2.75) is 52.6 Å². The van der Waals surface area contributed by atoms with Crippen molar-refractivity contribution in [3.63, 3.8) is 0 Å². The summed E-state index contributed by atoms with van der Waals surface area (Å²) in [5.74, 6) is 0.272. The van der Waals surface area contributed by atoms with Crippen molar-refractivity contribution in [3.05, 3.63) is 33.8 Å². The van der Waals surface area contributed by atoms with Gasteiger partial charge in [-0.25, -0.2) is 4.79 Å². The molecule has 1 aromatic rings. The Hall–Kier alpha value is -1.26. The fourth-order valence-corrected chi connectivity index (χ4v) is 4.02. The van der Waals surface area contributed by atoms with E-state index in [2.05, 4.69) is 20.8 Å². The molecule has 144 valence electrons. The molecule has 6 heteroatoms. The van der Waals surface area contributed by atoms with Crippen LogP contribution >= 0.6 is 23.2 Å². The monoisotopic (exact) mass is 400 g/mol. The van der Waals surface area contributed by atoms with Gasteiger partial charge in [0.1, 0.15) is 6.10 Å². The Morgan fingerprint density at radius 1 is 1.15 bits per heavy atom. The molecule has 1 fully saturated rings. The van der Waals surface area contributed by atoms with E-state index in [0.717, 1.165) is 19.3 Å². The van der Waals surface area contributed by atoms with Crippen LogP contribution in [0.3, 0.4) is 0 Å². The van der Waals surface area contributed by atoms with Crippen molar-refractivity contribution in [2.24, 2.45) is 17.8 Å². The standard InChI is InChI=1S/C20H26Cl2O4/c1-12(2)14-8-7-13(3)9-18(14)26-20(24)11-25-19(23)10-15-16(21)5-4-6-17(15)22/h4-6,12-14,18H,7-11H2,1-3H3/t13-,14-,18+/m1/s1. The number of esters is 2. The van der Waals surface area contributed by atoms with Gasteiger partial charge in [-0.15, -0.1) is 0 Å². The first-order chi connectivity index (χ1) is 12.3. The molecule has 0 bridgehead atoms. The van der Waals surface area contributed by atoms with Gasteiger partial charge in [0, 0.05) is 15.6 Å². The minimum Gasteiger partial charge on any atom is -0.460 e. The van der Waals surface area contributed by atoms with Gasteiger partial charge in [-0.1, -0.05) is 56.5 Å². The summed E-state index contributed by atoms with van der Waals surface area (Å²) in [6, 6.07) is 5.01. The highest BCUT2D eigenvalue weighted by Gasteiger charge is 2.33. The molecule has 0 aliphatic heterocycles. The van der Waals surface area contributed by atoms with Gasteiger partial charge in [-0.05, 0) is 42.7 Å². The van der Waals surface area contributed by atoms with Crippen LogP contribution in [0, 0.1) is 17.8 Å². The van der Waals surface area contributed by atoms with E-state index in [1.165, 1.54) is 0 Å². The molecule has 2 rings (SSSR count). The van der Waals surface area contributed by atoms with Gasteiger partial charge in [0.2, 0.25) is 0 Å². The summed E-state index contributed by atoms with van der Waals surface area (Å²) in [7, 11) is 0. The van der Waals surface area contributed by atoms with Gasteiger partial charge in [0.15, 0.2) is 6.61 Å². The zero-order chi connectivity index (χ0) is 19.3. The molecule has 26 heavy (non-hydrogen) atoms. The highest BCUT2D eigenvalue weighted by molar-refractivity contribution is 6.36. The van der Waals surface area contributed by atoms with E-state index in [0.29, 0.717) is 33.4 Å². The number of carbonyl (C=O) groups is 2. The maximum atomic E-state index is 12.1. The average molecular weight is 401 g/mol. The highest BCUT2D eigenvalue weighted by Crippen LogP contribution is 2.35. The maximum Gasteiger partial charge on any atom is 0.344 e. The molecule has 0 N–H and O–H groups in total. The number of hydrogen-bond donors (Lipinski definition) is 0. The summed E-state index contributed by atoms with van der Waals surface area (Å²) in [6.07, 6.45) is 2.88. The quantitative estimate of drug-likeness (QED) is 0.624. The van der Waals surface area contributed by atoms with Crippen molar-refractivity contribution in [1.82, 2.24) is 0 Å². The summed E-state index contributed by atoms with van der Waals surface area (Å²) in [5, 5.41) is 0.793. The van der Waals surface area contributed by atoms with E-state index in [9.17, 15) is 9.59 Å². The van der Waals surface area contributed by atoms with Crippen LogP contribution in [0.25, 0.3) is 0 Å². The van der Waals surface area contributed by atoms with Crippen LogP contribution in [0.15, 0.2) is 18.2 Å². The highest BCUT2D eigenvalue weighted by atomic mass is 35.5. The second-order valence-electron chi connectivity index (χ2n) is 7.39. The van der Waals surface area contributed by atoms with E-state index in [1.54, 1.807) is 18.2 Å². The Kier molecular flexibility index (Phi) is 7.78. The number of carbonyl (C=O) groups excluding carboxylic acids is 2. The van der Waals surface area contributed by atoms with Crippen LogP contribution in [0.1, 0.15) is 45.6 Å². The van der Waals surface area contributed by atoms with Crippen molar-refractivity contribution in [1.29, 1.82) is 0 Å². The third kappa shape index (κ3) is 5.88. The smallest absolute Gasteiger partial charge is 0.344 e. The Labute approximate surface area is 165 Å². The molecule has 0 radical (unpaired) electrons. The van der Waals surface area contributed by atoms with E-state index in [-0.39, 0.29) is 12.5 Å². The van der Waals surface area contributed by atoms with Crippen molar-refractivity contribution < 1.29 is 19.1 Å². The Morgan fingerprint density at radius 3 is 2.42 bits per heavy atom. The molecule has 0 spiro atoms. The number of halogens is 2.